The topological polar surface area (TPSA) is 41.0 Å². The van der Waals surface area contributed by atoms with E-state index in [1.807, 2.05) is 0 Å². The van der Waals surface area contributed by atoms with Crippen molar-refractivity contribution in [3.63, 3.8) is 0 Å². The third kappa shape index (κ3) is 2.99. The molecule has 1 saturated carbocycles. The lowest BCUT2D eigenvalue weighted by Gasteiger charge is -2.27. The van der Waals surface area contributed by atoms with Gasteiger partial charge in [0.15, 0.2) is 0 Å². The normalized spacial score (nSPS) is 20.8. The third-order valence-corrected chi connectivity index (χ3v) is 5.29. The molecule has 0 amide bonds. The minimum atomic E-state index is 0.489. The maximum absolute atomic E-state index is 4.87. The van der Waals surface area contributed by atoms with Crippen molar-refractivity contribution in [3.8, 4) is 0 Å². The fraction of sp³-hybridized carbons (Fsp3) is 0.765. The van der Waals surface area contributed by atoms with E-state index in [-0.39, 0.29) is 0 Å². The van der Waals surface area contributed by atoms with Crippen LogP contribution in [0.3, 0.4) is 0 Å². The molecule has 2 aliphatic rings. The molecular weight excluding hydrogens is 260 g/mol. The van der Waals surface area contributed by atoms with E-state index in [9.17, 15) is 0 Å². The first kappa shape index (κ1) is 14.6. The van der Waals surface area contributed by atoms with Crippen molar-refractivity contribution < 1.29 is 0 Å². The zero-order valence-corrected chi connectivity index (χ0v) is 13.7. The van der Waals surface area contributed by atoms with Crippen molar-refractivity contribution in [2.24, 2.45) is 5.41 Å². The molecule has 116 valence electrons. The summed E-state index contributed by atoms with van der Waals surface area (Å²) >= 11 is 0. The largest absolute Gasteiger partial charge is 0.370 e. The Kier molecular flexibility index (Phi) is 4.05. The van der Waals surface area contributed by atoms with Gasteiger partial charge in [-0.05, 0) is 44.4 Å². The molecule has 0 atom stereocenters. The molecule has 0 unspecified atom stereocenters. The van der Waals surface area contributed by atoms with Gasteiger partial charge in [-0.2, -0.15) is 0 Å². The summed E-state index contributed by atoms with van der Waals surface area (Å²) in [4.78, 5) is 12.0. The summed E-state index contributed by atoms with van der Waals surface area (Å²) in [5.41, 5.74) is 0.489. The first-order valence-corrected chi connectivity index (χ1v) is 8.57. The van der Waals surface area contributed by atoms with Crippen LogP contribution in [-0.4, -0.2) is 29.6 Å². The van der Waals surface area contributed by atoms with Crippen LogP contribution in [0.1, 0.15) is 64.6 Å². The second-order valence-corrected chi connectivity index (χ2v) is 6.65. The van der Waals surface area contributed by atoms with E-state index in [1.165, 1.54) is 32.1 Å². The summed E-state index contributed by atoms with van der Waals surface area (Å²) in [7, 11) is 0. The summed E-state index contributed by atoms with van der Waals surface area (Å²) in [6, 6.07) is 2.14. The Morgan fingerprint density at radius 1 is 1.24 bits per heavy atom. The van der Waals surface area contributed by atoms with Crippen molar-refractivity contribution >= 4 is 11.6 Å². The lowest BCUT2D eigenvalue weighted by Crippen LogP contribution is -2.27. The fourth-order valence-electron chi connectivity index (χ4n) is 3.37. The van der Waals surface area contributed by atoms with Crippen molar-refractivity contribution in [1.82, 2.24) is 9.97 Å². The van der Waals surface area contributed by atoms with Crippen molar-refractivity contribution in [1.29, 1.82) is 0 Å². The summed E-state index contributed by atoms with van der Waals surface area (Å²) in [5, 5.41) is 3.37. The Labute approximate surface area is 128 Å². The number of nitrogens with one attached hydrogen (secondary N) is 1. The molecule has 0 bridgehead atoms. The van der Waals surface area contributed by atoms with Gasteiger partial charge in [0, 0.05) is 31.6 Å². The average Bonchev–Trinajstić information content (AvgIpc) is 3.27. The molecule has 0 radical (unpaired) electrons. The average molecular weight is 288 g/mol. The zero-order chi connectivity index (χ0) is 14.9. The summed E-state index contributed by atoms with van der Waals surface area (Å²) < 4.78 is 0. The molecule has 0 spiro atoms. The Bertz CT molecular complexity index is 492. The number of hydrogen-bond donors (Lipinski definition) is 1. The van der Waals surface area contributed by atoms with Crippen LogP contribution in [-0.2, 0) is 0 Å². The number of anilines is 2. The van der Waals surface area contributed by atoms with Gasteiger partial charge < -0.3 is 10.2 Å². The standard InChI is InChI=1S/C17H28N4/c1-4-17(5-2)9-10-21(12-17)15-11-14(18-6-3)19-16(20-15)13-7-8-13/h11,13H,4-10,12H2,1-3H3,(H,18,19,20). The van der Waals surface area contributed by atoms with Gasteiger partial charge in [-0.15, -0.1) is 0 Å². The van der Waals surface area contributed by atoms with E-state index in [2.05, 4.69) is 42.0 Å². The van der Waals surface area contributed by atoms with Gasteiger partial charge in [0.1, 0.15) is 17.5 Å². The van der Waals surface area contributed by atoms with Crippen molar-refractivity contribution in [2.45, 2.75) is 58.8 Å². The Morgan fingerprint density at radius 3 is 2.57 bits per heavy atom. The Morgan fingerprint density at radius 2 is 2.00 bits per heavy atom. The van der Waals surface area contributed by atoms with Crippen LogP contribution in [0.15, 0.2) is 6.07 Å². The number of hydrogen-bond acceptors (Lipinski definition) is 4. The first-order valence-electron chi connectivity index (χ1n) is 8.57. The van der Waals surface area contributed by atoms with E-state index in [0.717, 1.165) is 37.1 Å². The molecule has 0 aromatic carbocycles. The van der Waals surface area contributed by atoms with Crippen LogP contribution >= 0.6 is 0 Å². The SMILES string of the molecule is CCNc1cc(N2CCC(CC)(CC)C2)nc(C2CC2)n1. The van der Waals surface area contributed by atoms with Gasteiger partial charge in [-0.25, -0.2) is 9.97 Å². The molecular formula is C17H28N4. The highest BCUT2D eigenvalue weighted by Gasteiger charge is 2.36. The lowest BCUT2D eigenvalue weighted by molar-refractivity contribution is 0.301. The predicted molar refractivity (Wildman–Crippen MR) is 88.0 cm³/mol. The molecule has 3 rings (SSSR count). The van der Waals surface area contributed by atoms with Gasteiger partial charge in [-0.1, -0.05) is 13.8 Å². The lowest BCUT2D eigenvalue weighted by atomic mass is 9.82. The van der Waals surface area contributed by atoms with E-state index in [4.69, 9.17) is 4.98 Å². The van der Waals surface area contributed by atoms with E-state index in [1.54, 1.807) is 0 Å². The quantitative estimate of drug-likeness (QED) is 0.864. The predicted octanol–water partition coefficient (Wildman–Crippen LogP) is 3.80. The van der Waals surface area contributed by atoms with Gasteiger partial charge in [-0.3, -0.25) is 0 Å². The molecule has 2 fully saturated rings. The highest BCUT2D eigenvalue weighted by atomic mass is 15.2. The van der Waals surface area contributed by atoms with Crippen LogP contribution in [0.5, 0.6) is 0 Å². The van der Waals surface area contributed by atoms with Crippen LogP contribution in [0.4, 0.5) is 11.6 Å². The molecule has 4 heteroatoms. The monoisotopic (exact) mass is 288 g/mol. The second-order valence-electron chi connectivity index (χ2n) is 6.65. The Balaban J connectivity index is 1.84. The molecule has 1 saturated heterocycles. The molecule has 2 heterocycles. The molecule has 4 nitrogen and oxygen atoms in total. The van der Waals surface area contributed by atoms with Gasteiger partial charge >= 0.3 is 0 Å². The Hall–Kier alpha value is -1.32. The zero-order valence-electron chi connectivity index (χ0n) is 13.7. The fourth-order valence-corrected chi connectivity index (χ4v) is 3.37. The number of aromatic nitrogens is 2. The van der Waals surface area contributed by atoms with Gasteiger partial charge in [0.2, 0.25) is 0 Å². The van der Waals surface area contributed by atoms with E-state index >= 15 is 0 Å². The van der Waals surface area contributed by atoms with Crippen molar-refractivity contribution in [2.75, 3.05) is 29.9 Å². The highest BCUT2D eigenvalue weighted by Crippen LogP contribution is 2.41. The van der Waals surface area contributed by atoms with Crippen LogP contribution < -0.4 is 10.2 Å². The molecule has 1 N–H and O–H groups in total. The number of rotatable bonds is 6. The summed E-state index contributed by atoms with van der Waals surface area (Å²) in [6.45, 7) is 9.96. The maximum Gasteiger partial charge on any atom is 0.136 e. The van der Waals surface area contributed by atoms with E-state index in [0.29, 0.717) is 11.3 Å². The smallest absolute Gasteiger partial charge is 0.136 e. The number of nitrogens with zero attached hydrogens (tertiary/aromatic N) is 3. The first-order chi connectivity index (χ1) is 10.2. The molecule has 1 aliphatic heterocycles. The molecule has 1 aliphatic carbocycles. The highest BCUT2D eigenvalue weighted by molar-refractivity contribution is 5.51. The third-order valence-electron chi connectivity index (χ3n) is 5.29. The minimum Gasteiger partial charge on any atom is -0.370 e. The second kappa shape index (κ2) is 5.82. The minimum absolute atomic E-state index is 0.489. The van der Waals surface area contributed by atoms with Crippen molar-refractivity contribution in [3.05, 3.63) is 11.9 Å². The summed E-state index contributed by atoms with van der Waals surface area (Å²) in [6.07, 6.45) is 6.33. The van der Waals surface area contributed by atoms with Crippen LogP contribution in [0.25, 0.3) is 0 Å². The van der Waals surface area contributed by atoms with Crippen LogP contribution in [0.2, 0.25) is 0 Å². The van der Waals surface area contributed by atoms with Gasteiger partial charge in [0.25, 0.3) is 0 Å². The molecule has 1 aromatic rings. The van der Waals surface area contributed by atoms with Gasteiger partial charge in [0.05, 0.1) is 0 Å². The maximum atomic E-state index is 4.87. The summed E-state index contributed by atoms with van der Waals surface area (Å²) in [5.74, 6) is 3.78. The molecule has 1 aromatic heterocycles. The van der Waals surface area contributed by atoms with E-state index < -0.39 is 0 Å². The molecule has 21 heavy (non-hydrogen) atoms. The van der Waals surface area contributed by atoms with Crippen LogP contribution in [0, 0.1) is 5.41 Å².